The SMILES string of the molecule is N#CC(=Cc1ccc(OCC(N)=O)cc1)c1nc(-c2cccs2)c(NC(=O)c2cccs2)s1. The van der Waals surface area contributed by atoms with Crippen molar-refractivity contribution in [1.82, 2.24) is 4.98 Å². The van der Waals surface area contributed by atoms with Crippen molar-refractivity contribution in [3.8, 4) is 22.4 Å². The number of carbonyl (C=O) groups excluding carboxylic acids is 2. The molecule has 0 spiro atoms. The van der Waals surface area contributed by atoms with Crippen molar-refractivity contribution >= 4 is 62.5 Å². The standard InChI is InChI=1S/C23H16N4O3S3/c24-12-15(11-14-5-7-16(8-6-14)30-13-19(25)28)22-26-20(17-3-1-9-31-17)23(33-22)27-21(29)18-4-2-10-32-18/h1-11H,13H2,(H2,25,28)(H,27,29). The molecule has 3 N–H and O–H groups in total. The smallest absolute Gasteiger partial charge is 0.266 e. The maximum Gasteiger partial charge on any atom is 0.266 e. The molecule has 1 aromatic carbocycles. The molecular weight excluding hydrogens is 476 g/mol. The fourth-order valence-electron chi connectivity index (χ4n) is 2.80. The molecule has 0 atom stereocenters. The lowest BCUT2D eigenvalue weighted by Gasteiger charge is -2.03. The number of primary amides is 1. The fourth-order valence-corrected chi connectivity index (χ4v) is 5.14. The molecule has 164 valence electrons. The van der Waals surface area contributed by atoms with Gasteiger partial charge in [0.05, 0.1) is 15.3 Å². The second kappa shape index (κ2) is 10.2. The van der Waals surface area contributed by atoms with Gasteiger partial charge in [-0.3, -0.25) is 9.59 Å². The predicted molar refractivity (Wildman–Crippen MR) is 132 cm³/mol. The zero-order valence-electron chi connectivity index (χ0n) is 17.0. The molecular formula is C23H16N4O3S3. The van der Waals surface area contributed by atoms with Crippen LogP contribution in [0.25, 0.3) is 22.2 Å². The molecule has 10 heteroatoms. The molecule has 0 aliphatic rings. The highest BCUT2D eigenvalue weighted by atomic mass is 32.1. The molecule has 4 aromatic rings. The highest BCUT2D eigenvalue weighted by Gasteiger charge is 2.19. The monoisotopic (exact) mass is 492 g/mol. The third-order valence-electron chi connectivity index (χ3n) is 4.28. The molecule has 4 rings (SSSR count). The van der Waals surface area contributed by atoms with E-state index in [1.807, 2.05) is 29.0 Å². The molecule has 0 aliphatic heterocycles. The van der Waals surface area contributed by atoms with Crippen LogP contribution in [-0.4, -0.2) is 23.4 Å². The third kappa shape index (κ3) is 5.53. The summed E-state index contributed by atoms with van der Waals surface area (Å²) in [7, 11) is 0. The molecule has 2 amide bonds. The number of thiazole rings is 1. The van der Waals surface area contributed by atoms with E-state index in [0.717, 1.165) is 10.4 Å². The van der Waals surface area contributed by atoms with Gasteiger partial charge in [-0.2, -0.15) is 5.26 Å². The van der Waals surface area contributed by atoms with Crippen LogP contribution in [0.15, 0.2) is 59.3 Å². The van der Waals surface area contributed by atoms with Gasteiger partial charge in [0.1, 0.15) is 27.5 Å². The Kier molecular flexibility index (Phi) is 6.95. The van der Waals surface area contributed by atoms with Crippen LogP contribution in [0.3, 0.4) is 0 Å². The first-order chi connectivity index (χ1) is 16.0. The number of benzene rings is 1. The van der Waals surface area contributed by atoms with E-state index in [9.17, 15) is 14.9 Å². The highest BCUT2D eigenvalue weighted by Crippen LogP contribution is 2.38. The number of nitriles is 1. The number of aromatic nitrogens is 1. The van der Waals surface area contributed by atoms with Crippen LogP contribution in [0.5, 0.6) is 5.75 Å². The molecule has 0 unspecified atom stereocenters. The van der Waals surface area contributed by atoms with E-state index in [1.54, 1.807) is 36.4 Å². The Balaban J connectivity index is 1.63. The number of hydrogen-bond acceptors (Lipinski definition) is 8. The van der Waals surface area contributed by atoms with Crippen molar-refractivity contribution in [2.75, 3.05) is 11.9 Å². The number of ether oxygens (including phenoxy) is 1. The Hall–Kier alpha value is -3.78. The summed E-state index contributed by atoms with van der Waals surface area (Å²) in [6, 6.07) is 16.5. The van der Waals surface area contributed by atoms with Crippen molar-refractivity contribution in [2.24, 2.45) is 5.73 Å². The van der Waals surface area contributed by atoms with Crippen LogP contribution in [0, 0.1) is 11.3 Å². The topological polar surface area (TPSA) is 118 Å². The highest BCUT2D eigenvalue weighted by molar-refractivity contribution is 7.19. The largest absolute Gasteiger partial charge is 0.484 e. The van der Waals surface area contributed by atoms with Crippen molar-refractivity contribution in [2.45, 2.75) is 0 Å². The first kappa shape index (κ1) is 22.4. The van der Waals surface area contributed by atoms with E-state index in [2.05, 4.69) is 16.4 Å². The van der Waals surface area contributed by atoms with E-state index in [0.29, 0.717) is 31.9 Å². The number of anilines is 1. The molecule has 0 radical (unpaired) electrons. The van der Waals surface area contributed by atoms with Crippen LogP contribution in [-0.2, 0) is 4.79 Å². The molecule has 33 heavy (non-hydrogen) atoms. The Morgan fingerprint density at radius 1 is 1.12 bits per heavy atom. The molecule has 3 heterocycles. The van der Waals surface area contributed by atoms with Crippen molar-refractivity contribution in [1.29, 1.82) is 5.26 Å². The molecule has 0 aliphatic carbocycles. The molecule has 0 bridgehead atoms. The third-order valence-corrected chi connectivity index (χ3v) is 7.03. The number of nitrogens with one attached hydrogen (secondary N) is 1. The van der Waals surface area contributed by atoms with Gasteiger partial charge >= 0.3 is 0 Å². The van der Waals surface area contributed by atoms with Crippen LogP contribution in [0.4, 0.5) is 5.00 Å². The average molecular weight is 493 g/mol. The number of thiophene rings is 2. The lowest BCUT2D eigenvalue weighted by atomic mass is 10.1. The zero-order chi connectivity index (χ0) is 23.2. The number of hydrogen-bond donors (Lipinski definition) is 2. The quantitative estimate of drug-likeness (QED) is 0.331. The Morgan fingerprint density at radius 2 is 1.88 bits per heavy atom. The summed E-state index contributed by atoms with van der Waals surface area (Å²) in [5.74, 6) is -0.276. The van der Waals surface area contributed by atoms with Crippen LogP contribution in [0.1, 0.15) is 20.2 Å². The Labute approximate surface area is 201 Å². The summed E-state index contributed by atoms with van der Waals surface area (Å²) in [5, 5.41) is 17.6. The summed E-state index contributed by atoms with van der Waals surface area (Å²) in [6.07, 6.45) is 1.71. The van der Waals surface area contributed by atoms with E-state index >= 15 is 0 Å². The van der Waals surface area contributed by atoms with Gasteiger partial charge in [0.2, 0.25) is 0 Å². The minimum absolute atomic E-state index is 0.205. The lowest BCUT2D eigenvalue weighted by molar-refractivity contribution is -0.119. The van der Waals surface area contributed by atoms with Crippen molar-refractivity contribution < 1.29 is 14.3 Å². The van der Waals surface area contributed by atoms with E-state index in [4.69, 9.17) is 10.5 Å². The minimum Gasteiger partial charge on any atom is -0.484 e. The molecule has 3 aromatic heterocycles. The number of nitrogens with zero attached hydrogens (tertiary/aromatic N) is 2. The number of amides is 2. The van der Waals surface area contributed by atoms with E-state index < -0.39 is 5.91 Å². The zero-order valence-corrected chi connectivity index (χ0v) is 19.4. The number of rotatable bonds is 8. The summed E-state index contributed by atoms with van der Waals surface area (Å²) >= 11 is 4.11. The van der Waals surface area contributed by atoms with Crippen LogP contribution < -0.4 is 15.8 Å². The van der Waals surface area contributed by atoms with Crippen molar-refractivity contribution in [3.05, 3.63) is 74.7 Å². The van der Waals surface area contributed by atoms with E-state index in [1.165, 1.54) is 34.0 Å². The molecule has 0 saturated heterocycles. The maximum atomic E-state index is 12.6. The number of carbonyl (C=O) groups is 2. The van der Waals surface area contributed by atoms with Crippen molar-refractivity contribution in [3.63, 3.8) is 0 Å². The van der Waals surface area contributed by atoms with Gasteiger partial charge in [0, 0.05) is 0 Å². The van der Waals surface area contributed by atoms with Gasteiger partial charge in [-0.25, -0.2) is 4.98 Å². The van der Waals surface area contributed by atoms with Gasteiger partial charge in [-0.1, -0.05) is 35.6 Å². The Morgan fingerprint density at radius 3 is 2.52 bits per heavy atom. The van der Waals surface area contributed by atoms with E-state index in [-0.39, 0.29) is 12.5 Å². The first-order valence-electron chi connectivity index (χ1n) is 9.56. The summed E-state index contributed by atoms with van der Waals surface area (Å²) < 4.78 is 5.26. The summed E-state index contributed by atoms with van der Waals surface area (Å²) in [5.41, 5.74) is 6.84. The Bertz CT molecular complexity index is 1330. The maximum absolute atomic E-state index is 12.6. The first-order valence-corrected chi connectivity index (χ1v) is 12.1. The van der Waals surface area contributed by atoms with Gasteiger partial charge in [0.15, 0.2) is 6.61 Å². The average Bonchev–Trinajstić information content (AvgIpc) is 3.58. The van der Waals surface area contributed by atoms with Gasteiger partial charge in [-0.05, 0) is 46.7 Å². The fraction of sp³-hybridized carbons (Fsp3) is 0.0435. The summed E-state index contributed by atoms with van der Waals surface area (Å²) in [4.78, 5) is 29.6. The van der Waals surface area contributed by atoms with Crippen LogP contribution >= 0.6 is 34.0 Å². The molecule has 0 fully saturated rings. The number of nitrogens with two attached hydrogens (primary N) is 1. The predicted octanol–water partition coefficient (Wildman–Crippen LogP) is 5.11. The van der Waals surface area contributed by atoms with Gasteiger partial charge in [0.25, 0.3) is 11.8 Å². The lowest BCUT2D eigenvalue weighted by Crippen LogP contribution is -2.19. The molecule has 7 nitrogen and oxygen atoms in total. The van der Waals surface area contributed by atoms with Gasteiger partial charge in [-0.15, -0.1) is 22.7 Å². The molecule has 0 saturated carbocycles. The second-order valence-corrected chi connectivity index (χ2v) is 9.49. The van der Waals surface area contributed by atoms with Gasteiger partial charge < -0.3 is 15.8 Å². The summed E-state index contributed by atoms with van der Waals surface area (Å²) in [6.45, 7) is -0.205. The second-order valence-electron chi connectivity index (χ2n) is 6.60. The number of allylic oxidation sites excluding steroid dienone is 1. The van der Waals surface area contributed by atoms with Crippen LogP contribution in [0.2, 0.25) is 0 Å². The minimum atomic E-state index is -0.557. The normalized spacial score (nSPS) is 11.1.